The molecule has 0 saturated carbocycles. The molecule has 0 fully saturated rings. The van der Waals surface area contributed by atoms with E-state index in [4.69, 9.17) is 14.6 Å². The number of aliphatic carboxylic acids is 1. The lowest BCUT2D eigenvalue weighted by Crippen LogP contribution is -2.29. The normalized spacial score (nSPS) is 12.8. The molecule has 0 saturated heterocycles. The van der Waals surface area contributed by atoms with Crippen LogP contribution in [0.4, 0.5) is 10.5 Å². The summed E-state index contributed by atoms with van der Waals surface area (Å²) in [6, 6.07) is 17.7. The Hall–Kier alpha value is -4.44. The van der Waals surface area contributed by atoms with E-state index in [1.54, 1.807) is 6.92 Å². The highest BCUT2D eigenvalue weighted by molar-refractivity contribution is 5.79. The van der Waals surface area contributed by atoms with Crippen molar-refractivity contribution in [1.29, 1.82) is 0 Å². The smallest absolute Gasteiger partial charge is 0.407 e. The molecule has 0 spiro atoms. The first-order valence-electron chi connectivity index (χ1n) is 12.2. The quantitative estimate of drug-likeness (QED) is 0.183. The molecular weight excluding hydrogens is 492 g/mol. The van der Waals surface area contributed by atoms with Crippen molar-refractivity contribution in [2.24, 2.45) is 0 Å². The van der Waals surface area contributed by atoms with E-state index >= 15 is 0 Å². The Morgan fingerprint density at radius 1 is 1.08 bits per heavy atom. The van der Waals surface area contributed by atoms with Crippen LogP contribution in [-0.2, 0) is 16.1 Å². The van der Waals surface area contributed by atoms with Gasteiger partial charge in [0.15, 0.2) is 0 Å². The van der Waals surface area contributed by atoms with Gasteiger partial charge < -0.3 is 25.0 Å². The van der Waals surface area contributed by atoms with E-state index in [-0.39, 0.29) is 54.5 Å². The molecule has 1 unspecified atom stereocenters. The van der Waals surface area contributed by atoms with Gasteiger partial charge in [0.1, 0.15) is 12.4 Å². The van der Waals surface area contributed by atoms with Crippen molar-refractivity contribution in [3.05, 3.63) is 93.0 Å². The fourth-order valence-corrected chi connectivity index (χ4v) is 4.70. The predicted octanol–water partition coefficient (Wildman–Crippen LogP) is 4.93. The number of nitrogens with zero attached hydrogens (tertiary/aromatic N) is 1. The zero-order valence-corrected chi connectivity index (χ0v) is 20.8. The molecule has 0 heterocycles. The molecule has 0 bridgehead atoms. The van der Waals surface area contributed by atoms with Crippen molar-refractivity contribution in [2.45, 2.75) is 38.3 Å². The second kappa shape index (κ2) is 11.7. The van der Waals surface area contributed by atoms with Crippen LogP contribution in [0.3, 0.4) is 0 Å². The molecule has 1 amide bonds. The van der Waals surface area contributed by atoms with Crippen LogP contribution < -0.4 is 10.1 Å². The van der Waals surface area contributed by atoms with Crippen molar-refractivity contribution in [3.63, 3.8) is 0 Å². The lowest BCUT2D eigenvalue weighted by atomic mass is 9.98. The van der Waals surface area contributed by atoms with Gasteiger partial charge in [0.05, 0.1) is 35.8 Å². The Morgan fingerprint density at radius 2 is 1.71 bits per heavy atom. The summed E-state index contributed by atoms with van der Waals surface area (Å²) < 4.78 is 11.1. The van der Waals surface area contributed by atoms with Crippen LogP contribution in [-0.4, -0.2) is 40.4 Å². The molecule has 0 aromatic heterocycles. The largest absolute Gasteiger partial charge is 0.493 e. The molecule has 38 heavy (non-hydrogen) atoms. The van der Waals surface area contributed by atoms with Gasteiger partial charge in [-0.2, -0.15) is 0 Å². The fourth-order valence-electron chi connectivity index (χ4n) is 4.70. The number of benzene rings is 3. The first kappa shape index (κ1) is 26.6. The zero-order chi connectivity index (χ0) is 27.2. The third-order valence-corrected chi connectivity index (χ3v) is 6.51. The fraction of sp³-hybridized carbons (Fsp3) is 0.286. The van der Waals surface area contributed by atoms with Crippen molar-refractivity contribution < 1.29 is 34.2 Å². The van der Waals surface area contributed by atoms with Gasteiger partial charge in [0.25, 0.3) is 5.69 Å². The van der Waals surface area contributed by atoms with Crippen LogP contribution in [0.5, 0.6) is 5.75 Å². The van der Waals surface area contributed by atoms with Gasteiger partial charge in [0.2, 0.25) is 0 Å². The van der Waals surface area contributed by atoms with Crippen molar-refractivity contribution in [2.75, 3.05) is 13.2 Å². The van der Waals surface area contributed by atoms with Crippen LogP contribution in [0.2, 0.25) is 0 Å². The van der Waals surface area contributed by atoms with Crippen LogP contribution >= 0.6 is 0 Å². The van der Waals surface area contributed by atoms with E-state index in [2.05, 4.69) is 5.32 Å². The highest BCUT2D eigenvalue weighted by Gasteiger charge is 2.30. The van der Waals surface area contributed by atoms with Crippen LogP contribution in [0, 0.1) is 10.1 Å². The first-order chi connectivity index (χ1) is 18.3. The predicted molar refractivity (Wildman–Crippen MR) is 138 cm³/mol. The van der Waals surface area contributed by atoms with Gasteiger partial charge in [-0.1, -0.05) is 48.5 Å². The number of alkyl carbamates (subject to hydrolysis) is 1. The number of hydrogen-bond acceptors (Lipinski definition) is 7. The second-order valence-corrected chi connectivity index (χ2v) is 8.97. The Kier molecular flexibility index (Phi) is 8.22. The molecule has 10 heteroatoms. The van der Waals surface area contributed by atoms with Gasteiger partial charge in [-0.3, -0.25) is 14.9 Å². The lowest BCUT2D eigenvalue weighted by Gasteiger charge is -2.19. The monoisotopic (exact) mass is 520 g/mol. The van der Waals surface area contributed by atoms with E-state index in [1.807, 2.05) is 48.5 Å². The van der Waals surface area contributed by atoms with Crippen molar-refractivity contribution in [1.82, 2.24) is 5.32 Å². The number of nitrogens with one attached hydrogen (secondary N) is 1. The van der Waals surface area contributed by atoms with Gasteiger partial charge in [0, 0.05) is 17.9 Å². The average molecular weight is 521 g/mol. The van der Waals surface area contributed by atoms with E-state index < -0.39 is 29.6 Å². The molecule has 198 valence electrons. The minimum Gasteiger partial charge on any atom is -0.493 e. The number of carbonyl (C=O) groups is 2. The molecule has 10 nitrogen and oxygen atoms in total. The van der Waals surface area contributed by atoms with E-state index in [9.17, 15) is 24.8 Å². The summed E-state index contributed by atoms with van der Waals surface area (Å²) in [5.41, 5.74) is 4.48. The SMILES string of the molecule is CC(NC(=O)OCC1c2ccccc2-c2ccccc21)c1cc(CO)c(OCCCC(=O)O)cc1[N+](=O)[O-]. The maximum Gasteiger partial charge on any atom is 0.407 e. The lowest BCUT2D eigenvalue weighted by molar-refractivity contribution is -0.385. The maximum atomic E-state index is 12.7. The van der Waals surface area contributed by atoms with Gasteiger partial charge in [-0.05, 0) is 41.7 Å². The molecule has 0 aliphatic heterocycles. The van der Waals surface area contributed by atoms with E-state index in [1.165, 1.54) is 12.1 Å². The Bertz CT molecular complexity index is 1310. The molecule has 1 aliphatic carbocycles. The number of carboxylic acid groups (broad SMARTS) is 1. The van der Waals surface area contributed by atoms with E-state index in [0.717, 1.165) is 22.3 Å². The zero-order valence-electron chi connectivity index (χ0n) is 20.8. The summed E-state index contributed by atoms with van der Waals surface area (Å²) in [5, 5.41) is 33.0. The van der Waals surface area contributed by atoms with Gasteiger partial charge in [-0.15, -0.1) is 0 Å². The number of nitro benzene ring substituents is 1. The standard InChI is InChI=1S/C28H28N2O8/c1-17(23-13-18(15-31)26(14-25(23)30(35)36)37-12-6-11-27(32)33)29-28(34)38-16-24-21-9-4-2-7-19(21)20-8-3-5-10-22(20)24/h2-5,7-10,13-14,17,24,31H,6,11-12,15-16H2,1H3,(H,29,34)(H,32,33). The van der Waals surface area contributed by atoms with Gasteiger partial charge in [-0.25, -0.2) is 4.79 Å². The Morgan fingerprint density at radius 3 is 2.29 bits per heavy atom. The summed E-state index contributed by atoms with van der Waals surface area (Å²) in [7, 11) is 0. The molecule has 0 radical (unpaired) electrons. The number of rotatable bonds is 11. The third-order valence-electron chi connectivity index (χ3n) is 6.51. The first-order valence-corrected chi connectivity index (χ1v) is 12.2. The number of hydrogen-bond donors (Lipinski definition) is 3. The minimum absolute atomic E-state index is 0.0172. The Balaban J connectivity index is 1.45. The number of carboxylic acids is 1. The van der Waals surface area contributed by atoms with Crippen LogP contribution in [0.25, 0.3) is 11.1 Å². The topological polar surface area (TPSA) is 148 Å². The van der Waals surface area contributed by atoms with Crippen molar-refractivity contribution >= 4 is 17.7 Å². The number of carbonyl (C=O) groups excluding carboxylic acids is 1. The number of aliphatic hydroxyl groups is 1. The number of aliphatic hydroxyl groups excluding tert-OH is 1. The molecular formula is C28H28N2O8. The Labute approximate surface area is 219 Å². The number of ether oxygens (including phenoxy) is 2. The highest BCUT2D eigenvalue weighted by atomic mass is 16.6. The summed E-state index contributed by atoms with van der Waals surface area (Å²) in [6.45, 7) is 1.23. The number of nitro groups is 1. The minimum atomic E-state index is -0.981. The maximum absolute atomic E-state index is 12.7. The molecule has 3 aromatic carbocycles. The van der Waals surface area contributed by atoms with Gasteiger partial charge >= 0.3 is 12.1 Å². The van der Waals surface area contributed by atoms with Crippen molar-refractivity contribution in [3.8, 4) is 16.9 Å². The highest BCUT2D eigenvalue weighted by Crippen LogP contribution is 2.44. The number of amides is 1. The molecule has 4 rings (SSSR count). The average Bonchev–Trinajstić information content (AvgIpc) is 3.23. The number of fused-ring (bicyclic) bond motifs is 3. The molecule has 3 aromatic rings. The van der Waals surface area contributed by atoms with E-state index in [0.29, 0.717) is 0 Å². The molecule has 1 aliphatic rings. The molecule has 3 N–H and O–H groups in total. The van der Waals surface area contributed by atoms with Crippen LogP contribution in [0.1, 0.15) is 54.0 Å². The van der Waals surface area contributed by atoms with Crippen LogP contribution in [0.15, 0.2) is 60.7 Å². The summed E-state index contributed by atoms with van der Waals surface area (Å²) in [6.07, 6.45) is -0.640. The second-order valence-electron chi connectivity index (χ2n) is 8.97. The summed E-state index contributed by atoms with van der Waals surface area (Å²) >= 11 is 0. The third kappa shape index (κ3) is 5.76. The summed E-state index contributed by atoms with van der Waals surface area (Å²) in [4.78, 5) is 34.6. The molecule has 1 atom stereocenters. The summed E-state index contributed by atoms with van der Waals surface area (Å²) in [5.74, 6) is -1.02.